The van der Waals surface area contributed by atoms with Crippen molar-refractivity contribution in [2.24, 2.45) is 21.7 Å². The summed E-state index contributed by atoms with van der Waals surface area (Å²) in [4.78, 5) is 5.21. The number of fused-ring (bicyclic) bond motifs is 2. The van der Waals surface area contributed by atoms with Gasteiger partial charge in [0, 0.05) is 11.3 Å². The largest absolute Gasteiger partial charge is 0.362 e. The molecule has 3 fully saturated rings. The van der Waals surface area contributed by atoms with Crippen LogP contribution >= 0.6 is 11.8 Å². The first kappa shape index (κ1) is 13.8. The molecule has 2 saturated carbocycles. The number of hydrogen-bond acceptors (Lipinski definition) is 2. The third kappa shape index (κ3) is 2.22. The minimum Gasteiger partial charge on any atom is -0.362 e. The molecule has 2 bridgehead atoms. The Morgan fingerprint density at radius 2 is 2.00 bits per heavy atom. The summed E-state index contributed by atoms with van der Waals surface area (Å²) in [5, 5.41) is 5.51. The van der Waals surface area contributed by atoms with Crippen molar-refractivity contribution >= 4 is 16.9 Å². The van der Waals surface area contributed by atoms with Crippen molar-refractivity contribution < 1.29 is 0 Å². The number of thioether (sulfide) groups is 1. The average molecular weight is 280 g/mol. The minimum atomic E-state index is 0.381. The molecule has 0 amide bonds. The highest BCUT2D eigenvalue weighted by molar-refractivity contribution is 8.14. The quantitative estimate of drug-likeness (QED) is 0.783. The molecule has 1 aliphatic heterocycles. The lowest BCUT2D eigenvalue weighted by molar-refractivity contribution is 0.142. The summed E-state index contributed by atoms with van der Waals surface area (Å²) >= 11 is 1.94. The third-order valence-electron chi connectivity index (χ3n) is 5.81. The Kier molecular flexibility index (Phi) is 3.20. The van der Waals surface area contributed by atoms with Crippen LogP contribution in [0.3, 0.4) is 0 Å². The van der Waals surface area contributed by atoms with Crippen molar-refractivity contribution in [2.75, 3.05) is 0 Å². The van der Waals surface area contributed by atoms with E-state index in [2.05, 4.69) is 39.9 Å². The molecule has 3 rings (SSSR count). The average Bonchev–Trinajstić information content (AvgIpc) is 2.74. The summed E-state index contributed by atoms with van der Waals surface area (Å²) in [6.45, 7) is 12.0. The molecule has 1 N–H and O–H groups in total. The molecule has 0 spiro atoms. The fraction of sp³-hybridized carbons (Fsp3) is 0.938. The molecule has 2 nitrogen and oxygen atoms in total. The summed E-state index contributed by atoms with van der Waals surface area (Å²) in [6.07, 6.45) is 5.42. The van der Waals surface area contributed by atoms with Gasteiger partial charge in [-0.1, -0.05) is 39.5 Å². The first-order valence-electron chi connectivity index (χ1n) is 7.82. The zero-order valence-electron chi connectivity index (χ0n) is 13.0. The van der Waals surface area contributed by atoms with Crippen LogP contribution in [0.25, 0.3) is 0 Å². The van der Waals surface area contributed by atoms with E-state index in [1.165, 1.54) is 30.9 Å². The van der Waals surface area contributed by atoms with E-state index >= 15 is 0 Å². The van der Waals surface area contributed by atoms with Gasteiger partial charge in [0.25, 0.3) is 0 Å². The molecule has 0 aromatic carbocycles. The molecular weight excluding hydrogens is 252 g/mol. The number of hydrogen-bond donors (Lipinski definition) is 1. The molecule has 19 heavy (non-hydrogen) atoms. The van der Waals surface area contributed by atoms with Crippen LogP contribution in [-0.4, -0.2) is 22.5 Å². The van der Waals surface area contributed by atoms with Crippen LogP contribution < -0.4 is 5.32 Å². The van der Waals surface area contributed by atoms with E-state index in [-0.39, 0.29) is 0 Å². The Labute approximate surface area is 122 Å². The molecule has 3 heteroatoms. The van der Waals surface area contributed by atoms with E-state index in [0.717, 1.165) is 5.92 Å². The van der Waals surface area contributed by atoms with E-state index in [1.807, 2.05) is 11.8 Å². The molecular formula is C16H28N2S. The van der Waals surface area contributed by atoms with Gasteiger partial charge in [-0.05, 0) is 49.4 Å². The lowest BCUT2D eigenvalue weighted by Gasteiger charge is -2.41. The van der Waals surface area contributed by atoms with E-state index < -0.39 is 0 Å². The number of nitrogens with one attached hydrogen (secondary N) is 1. The van der Waals surface area contributed by atoms with Crippen molar-refractivity contribution in [3.63, 3.8) is 0 Å². The number of aliphatic imine (C=N–C) groups is 1. The summed E-state index contributed by atoms with van der Waals surface area (Å²) in [5.74, 6) is 0.885. The standard InChI is InChI=1S/C16H28N2S/c1-10-8-11(2)19-14(17-10)18-13-15(3,4)12-6-7-16(13,5)9-12/h10-13H,6-9H2,1-5H3,(H,17,18). The minimum absolute atomic E-state index is 0.381. The number of rotatable bonds is 1. The van der Waals surface area contributed by atoms with Crippen molar-refractivity contribution in [3.8, 4) is 0 Å². The molecule has 2 aliphatic carbocycles. The van der Waals surface area contributed by atoms with Gasteiger partial charge in [-0.15, -0.1) is 0 Å². The van der Waals surface area contributed by atoms with Crippen LogP contribution in [0.1, 0.15) is 60.3 Å². The highest BCUT2D eigenvalue weighted by Crippen LogP contribution is 2.63. The Balaban J connectivity index is 1.86. The van der Waals surface area contributed by atoms with Gasteiger partial charge in [-0.2, -0.15) is 0 Å². The normalized spacial score (nSPS) is 50.5. The van der Waals surface area contributed by atoms with Gasteiger partial charge < -0.3 is 5.32 Å². The molecule has 0 aromatic heterocycles. The van der Waals surface area contributed by atoms with Gasteiger partial charge in [0.15, 0.2) is 5.17 Å². The topological polar surface area (TPSA) is 24.4 Å². The number of amidine groups is 1. The molecule has 1 saturated heterocycles. The van der Waals surface area contributed by atoms with Crippen molar-refractivity contribution in [1.29, 1.82) is 0 Å². The first-order chi connectivity index (χ1) is 8.81. The molecule has 0 radical (unpaired) electrons. The second kappa shape index (κ2) is 4.41. The summed E-state index contributed by atoms with van der Waals surface area (Å²) < 4.78 is 0. The summed E-state index contributed by atoms with van der Waals surface area (Å²) in [6, 6.07) is 1.08. The predicted octanol–water partition coefficient (Wildman–Crippen LogP) is 4.06. The molecule has 0 aromatic rings. The SMILES string of the molecule is CC1CC(C)SC(=NC2C3(C)CCC(C3)C2(C)C)N1. The Morgan fingerprint density at radius 3 is 2.58 bits per heavy atom. The van der Waals surface area contributed by atoms with E-state index in [4.69, 9.17) is 4.99 Å². The van der Waals surface area contributed by atoms with E-state index in [1.54, 1.807) is 0 Å². The van der Waals surface area contributed by atoms with Crippen LogP contribution in [0.15, 0.2) is 4.99 Å². The maximum Gasteiger partial charge on any atom is 0.157 e. The van der Waals surface area contributed by atoms with Gasteiger partial charge in [0.1, 0.15) is 0 Å². The van der Waals surface area contributed by atoms with Crippen molar-refractivity contribution in [3.05, 3.63) is 0 Å². The highest BCUT2D eigenvalue weighted by Gasteiger charge is 2.59. The number of nitrogens with zero attached hydrogens (tertiary/aromatic N) is 1. The monoisotopic (exact) mass is 280 g/mol. The predicted molar refractivity (Wildman–Crippen MR) is 84.7 cm³/mol. The van der Waals surface area contributed by atoms with Gasteiger partial charge >= 0.3 is 0 Å². The molecule has 5 unspecified atom stereocenters. The summed E-state index contributed by atoms with van der Waals surface area (Å²) in [5.41, 5.74) is 0.833. The maximum absolute atomic E-state index is 5.21. The molecule has 3 aliphatic rings. The second-order valence-corrected chi connectivity index (χ2v) is 9.39. The third-order valence-corrected chi connectivity index (χ3v) is 6.85. The fourth-order valence-electron chi connectivity index (χ4n) is 4.82. The van der Waals surface area contributed by atoms with Gasteiger partial charge in [-0.25, -0.2) is 0 Å². The lowest BCUT2D eigenvalue weighted by atomic mass is 9.69. The van der Waals surface area contributed by atoms with E-state index in [9.17, 15) is 0 Å². The molecule has 5 atom stereocenters. The van der Waals surface area contributed by atoms with Crippen LogP contribution in [0.2, 0.25) is 0 Å². The Bertz CT molecular complexity index is 387. The second-order valence-electron chi connectivity index (χ2n) is 7.96. The van der Waals surface area contributed by atoms with Gasteiger partial charge in [-0.3, -0.25) is 4.99 Å². The van der Waals surface area contributed by atoms with Gasteiger partial charge in [0.2, 0.25) is 0 Å². The maximum atomic E-state index is 5.21. The van der Waals surface area contributed by atoms with E-state index in [0.29, 0.717) is 28.2 Å². The lowest BCUT2D eigenvalue weighted by Crippen LogP contribution is -2.43. The highest BCUT2D eigenvalue weighted by atomic mass is 32.2. The van der Waals surface area contributed by atoms with Crippen LogP contribution in [0, 0.1) is 16.7 Å². The van der Waals surface area contributed by atoms with Crippen LogP contribution in [-0.2, 0) is 0 Å². The smallest absolute Gasteiger partial charge is 0.157 e. The molecule has 1 heterocycles. The molecule has 108 valence electrons. The zero-order chi connectivity index (χ0) is 13.8. The fourth-order valence-corrected chi connectivity index (χ4v) is 6.02. The van der Waals surface area contributed by atoms with Crippen molar-refractivity contribution in [2.45, 2.75) is 77.6 Å². The van der Waals surface area contributed by atoms with Gasteiger partial charge in [0.05, 0.1) is 6.04 Å². The first-order valence-corrected chi connectivity index (χ1v) is 8.70. The zero-order valence-corrected chi connectivity index (χ0v) is 13.8. The van der Waals surface area contributed by atoms with Crippen LogP contribution in [0.4, 0.5) is 0 Å². The summed E-state index contributed by atoms with van der Waals surface area (Å²) in [7, 11) is 0. The Hall–Kier alpha value is -0.180. The van der Waals surface area contributed by atoms with Crippen molar-refractivity contribution in [1.82, 2.24) is 5.32 Å². The Morgan fingerprint density at radius 1 is 1.26 bits per heavy atom. The van der Waals surface area contributed by atoms with Crippen LogP contribution in [0.5, 0.6) is 0 Å².